The van der Waals surface area contributed by atoms with Gasteiger partial charge in [-0.3, -0.25) is 0 Å². The van der Waals surface area contributed by atoms with E-state index in [-0.39, 0.29) is 6.03 Å². The van der Waals surface area contributed by atoms with E-state index in [0.717, 1.165) is 29.0 Å². The van der Waals surface area contributed by atoms with Crippen molar-refractivity contribution in [2.24, 2.45) is 0 Å². The van der Waals surface area contributed by atoms with Gasteiger partial charge in [-0.2, -0.15) is 5.10 Å². The molecule has 1 heterocycles. The van der Waals surface area contributed by atoms with Crippen LogP contribution in [0.2, 0.25) is 0 Å². The Labute approximate surface area is 152 Å². The largest absolute Gasteiger partial charge is 0.496 e. The number of para-hydroxylation sites is 1. The fraction of sp³-hybridized carbons (Fsp3) is 0.200. The fourth-order valence-electron chi connectivity index (χ4n) is 2.64. The molecule has 6 nitrogen and oxygen atoms in total. The van der Waals surface area contributed by atoms with Crippen LogP contribution < -0.4 is 15.4 Å². The number of urea groups is 1. The molecule has 0 bridgehead atoms. The van der Waals surface area contributed by atoms with Crippen molar-refractivity contribution < 1.29 is 9.53 Å². The minimum atomic E-state index is -0.191. The van der Waals surface area contributed by atoms with Crippen LogP contribution in [0.3, 0.4) is 0 Å². The highest BCUT2D eigenvalue weighted by Crippen LogP contribution is 2.16. The fourth-order valence-corrected chi connectivity index (χ4v) is 2.64. The number of rotatable bonds is 7. The molecular formula is C20H22N4O2. The average Bonchev–Trinajstić information content (AvgIpc) is 3.22. The number of aromatic nitrogens is 2. The molecule has 134 valence electrons. The molecule has 0 aliphatic carbocycles. The first-order valence-corrected chi connectivity index (χ1v) is 8.49. The maximum atomic E-state index is 11.9. The first-order valence-electron chi connectivity index (χ1n) is 8.49. The molecule has 0 saturated carbocycles. The molecular weight excluding hydrogens is 328 g/mol. The number of carbonyl (C=O) groups excluding carboxylic acids is 1. The number of carbonyl (C=O) groups is 1. The zero-order valence-corrected chi connectivity index (χ0v) is 14.7. The van der Waals surface area contributed by atoms with Gasteiger partial charge in [0.15, 0.2) is 0 Å². The summed E-state index contributed by atoms with van der Waals surface area (Å²) in [5, 5.41) is 9.92. The van der Waals surface area contributed by atoms with E-state index in [0.29, 0.717) is 13.1 Å². The quantitative estimate of drug-likeness (QED) is 0.688. The van der Waals surface area contributed by atoms with Crippen LogP contribution in [0.1, 0.15) is 11.1 Å². The smallest absolute Gasteiger partial charge is 0.315 e. The molecule has 2 amide bonds. The van der Waals surface area contributed by atoms with E-state index >= 15 is 0 Å². The summed E-state index contributed by atoms with van der Waals surface area (Å²) in [5.41, 5.74) is 3.12. The summed E-state index contributed by atoms with van der Waals surface area (Å²) in [7, 11) is 1.62. The van der Waals surface area contributed by atoms with Crippen molar-refractivity contribution in [3.63, 3.8) is 0 Å². The number of nitrogens with one attached hydrogen (secondary N) is 2. The van der Waals surface area contributed by atoms with Gasteiger partial charge in [0.25, 0.3) is 0 Å². The second kappa shape index (κ2) is 8.71. The van der Waals surface area contributed by atoms with Gasteiger partial charge in [0.1, 0.15) is 5.75 Å². The standard InChI is InChI=1S/C20H22N4O2/c1-26-19-6-3-2-5-17(19)15-22-20(25)21-13-11-16-7-9-18(10-8-16)24-14-4-12-23-24/h2-10,12,14H,11,13,15H2,1H3,(H2,21,22,25). The number of nitrogens with zero attached hydrogens (tertiary/aromatic N) is 2. The predicted octanol–water partition coefficient (Wildman–Crippen LogP) is 2.92. The van der Waals surface area contributed by atoms with Gasteiger partial charge in [-0.1, -0.05) is 30.3 Å². The molecule has 0 saturated heterocycles. The van der Waals surface area contributed by atoms with Crippen LogP contribution >= 0.6 is 0 Å². The summed E-state index contributed by atoms with van der Waals surface area (Å²) in [6.07, 6.45) is 4.42. The first-order chi connectivity index (χ1) is 12.8. The SMILES string of the molecule is COc1ccccc1CNC(=O)NCCc1ccc(-n2cccn2)cc1. The Balaban J connectivity index is 1.42. The van der Waals surface area contributed by atoms with Gasteiger partial charge in [0.2, 0.25) is 0 Å². The number of ether oxygens (including phenoxy) is 1. The lowest BCUT2D eigenvalue weighted by Gasteiger charge is -2.10. The molecule has 0 unspecified atom stereocenters. The van der Waals surface area contributed by atoms with Crippen molar-refractivity contribution in [3.8, 4) is 11.4 Å². The zero-order valence-electron chi connectivity index (χ0n) is 14.7. The van der Waals surface area contributed by atoms with Crippen LogP contribution in [0, 0.1) is 0 Å². The lowest BCUT2D eigenvalue weighted by Crippen LogP contribution is -2.36. The van der Waals surface area contributed by atoms with Gasteiger partial charge < -0.3 is 15.4 Å². The first kappa shape index (κ1) is 17.5. The van der Waals surface area contributed by atoms with Gasteiger partial charge in [0, 0.05) is 31.0 Å². The molecule has 0 radical (unpaired) electrons. The van der Waals surface area contributed by atoms with E-state index in [1.807, 2.05) is 65.5 Å². The normalized spacial score (nSPS) is 10.3. The summed E-state index contributed by atoms with van der Waals surface area (Å²) >= 11 is 0. The molecule has 0 atom stereocenters. The van der Waals surface area contributed by atoms with Crippen molar-refractivity contribution in [1.82, 2.24) is 20.4 Å². The van der Waals surface area contributed by atoms with E-state index in [2.05, 4.69) is 15.7 Å². The number of amides is 2. The second-order valence-corrected chi connectivity index (χ2v) is 5.79. The maximum absolute atomic E-state index is 11.9. The van der Waals surface area contributed by atoms with Crippen molar-refractivity contribution in [2.75, 3.05) is 13.7 Å². The van der Waals surface area contributed by atoms with E-state index in [1.54, 1.807) is 13.3 Å². The Bertz CT molecular complexity index is 829. The van der Waals surface area contributed by atoms with Crippen molar-refractivity contribution in [1.29, 1.82) is 0 Å². The molecule has 2 N–H and O–H groups in total. The molecule has 1 aromatic heterocycles. The molecule has 0 aliphatic rings. The molecule has 2 aromatic carbocycles. The Kier molecular flexibility index (Phi) is 5.88. The van der Waals surface area contributed by atoms with E-state index in [1.165, 1.54) is 0 Å². The third-order valence-electron chi connectivity index (χ3n) is 4.04. The van der Waals surface area contributed by atoms with Crippen LogP contribution in [-0.2, 0) is 13.0 Å². The molecule has 3 aromatic rings. The Morgan fingerprint density at radius 1 is 1.08 bits per heavy atom. The highest BCUT2D eigenvalue weighted by atomic mass is 16.5. The topological polar surface area (TPSA) is 68.2 Å². The minimum Gasteiger partial charge on any atom is -0.496 e. The molecule has 0 fully saturated rings. The van der Waals surface area contributed by atoms with Crippen LogP contribution in [0.25, 0.3) is 5.69 Å². The Hall–Kier alpha value is -3.28. The van der Waals surface area contributed by atoms with Gasteiger partial charge in [-0.25, -0.2) is 9.48 Å². The van der Waals surface area contributed by atoms with Crippen molar-refractivity contribution in [2.45, 2.75) is 13.0 Å². The number of hydrogen-bond donors (Lipinski definition) is 2. The third kappa shape index (κ3) is 4.63. The van der Waals surface area contributed by atoms with E-state index < -0.39 is 0 Å². The number of hydrogen-bond acceptors (Lipinski definition) is 3. The molecule has 0 aliphatic heterocycles. The summed E-state index contributed by atoms with van der Waals surface area (Å²) in [6.45, 7) is 0.993. The monoisotopic (exact) mass is 350 g/mol. The van der Waals surface area contributed by atoms with E-state index in [4.69, 9.17) is 4.74 Å². The number of methoxy groups -OCH3 is 1. The summed E-state index contributed by atoms with van der Waals surface area (Å²) in [4.78, 5) is 11.9. The highest BCUT2D eigenvalue weighted by molar-refractivity contribution is 5.73. The molecule has 3 rings (SSSR count). The Morgan fingerprint density at radius 2 is 1.88 bits per heavy atom. The second-order valence-electron chi connectivity index (χ2n) is 5.79. The maximum Gasteiger partial charge on any atom is 0.315 e. The minimum absolute atomic E-state index is 0.191. The average molecular weight is 350 g/mol. The lowest BCUT2D eigenvalue weighted by atomic mass is 10.1. The highest BCUT2D eigenvalue weighted by Gasteiger charge is 2.04. The summed E-state index contributed by atoms with van der Waals surface area (Å²) in [6, 6.07) is 17.5. The Morgan fingerprint density at radius 3 is 2.62 bits per heavy atom. The van der Waals surface area contributed by atoms with Crippen LogP contribution in [0.4, 0.5) is 4.79 Å². The van der Waals surface area contributed by atoms with Crippen molar-refractivity contribution in [3.05, 3.63) is 78.1 Å². The van der Waals surface area contributed by atoms with Crippen molar-refractivity contribution >= 4 is 6.03 Å². The lowest BCUT2D eigenvalue weighted by molar-refractivity contribution is 0.240. The molecule has 0 spiro atoms. The van der Waals surface area contributed by atoms with Gasteiger partial charge in [-0.15, -0.1) is 0 Å². The van der Waals surface area contributed by atoms with Gasteiger partial charge in [0.05, 0.1) is 12.8 Å². The van der Waals surface area contributed by atoms with Gasteiger partial charge in [-0.05, 0) is 36.2 Å². The third-order valence-corrected chi connectivity index (χ3v) is 4.04. The van der Waals surface area contributed by atoms with Crippen LogP contribution in [-0.4, -0.2) is 29.5 Å². The zero-order chi connectivity index (χ0) is 18.2. The number of benzene rings is 2. The summed E-state index contributed by atoms with van der Waals surface area (Å²) < 4.78 is 7.09. The summed E-state index contributed by atoms with van der Waals surface area (Å²) in [5.74, 6) is 0.769. The molecule has 26 heavy (non-hydrogen) atoms. The van der Waals surface area contributed by atoms with Crippen LogP contribution in [0.5, 0.6) is 5.75 Å². The van der Waals surface area contributed by atoms with Gasteiger partial charge >= 0.3 is 6.03 Å². The van der Waals surface area contributed by atoms with E-state index in [9.17, 15) is 4.79 Å². The predicted molar refractivity (Wildman–Crippen MR) is 101 cm³/mol. The van der Waals surface area contributed by atoms with Crippen LogP contribution in [0.15, 0.2) is 67.0 Å². The molecule has 6 heteroatoms.